The Balaban J connectivity index is 2.38. The molecular formula is C13H10BrFO4. The van der Waals surface area contributed by atoms with Crippen LogP contribution in [0.15, 0.2) is 28.2 Å². The zero-order valence-corrected chi connectivity index (χ0v) is 11.8. The molecule has 4 nitrogen and oxygen atoms in total. The summed E-state index contributed by atoms with van der Waals surface area (Å²) in [5, 5.41) is 0. The number of hydrogen-bond donors (Lipinski definition) is 0. The second kappa shape index (κ2) is 4.77. The fraction of sp³-hybridized carbons (Fsp3) is 0.231. The van der Waals surface area contributed by atoms with E-state index in [1.165, 1.54) is 38.1 Å². The highest BCUT2D eigenvalue weighted by Crippen LogP contribution is 2.26. The first-order valence-electron chi connectivity index (χ1n) is 5.42. The maximum absolute atomic E-state index is 12.9. The topological polar surface area (TPSA) is 52.6 Å². The lowest BCUT2D eigenvalue weighted by Crippen LogP contribution is -2.41. The predicted molar refractivity (Wildman–Crippen MR) is 68.3 cm³/mol. The molecule has 0 unspecified atom stereocenters. The molecule has 2 rings (SSSR count). The van der Waals surface area contributed by atoms with E-state index in [9.17, 15) is 14.0 Å². The van der Waals surface area contributed by atoms with Crippen LogP contribution in [0.4, 0.5) is 4.39 Å². The molecule has 6 heteroatoms. The molecule has 0 saturated carbocycles. The van der Waals surface area contributed by atoms with Gasteiger partial charge in [0.15, 0.2) is 0 Å². The zero-order valence-electron chi connectivity index (χ0n) is 10.2. The van der Waals surface area contributed by atoms with Gasteiger partial charge in [0, 0.05) is 18.3 Å². The van der Waals surface area contributed by atoms with Gasteiger partial charge in [-0.3, -0.25) is 0 Å². The van der Waals surface area contributed by atoms with Gasteiger partial charge in [-0.2, -0.15) is 0 Å². The number of carbonyl (C=O) groups excluding carboxylic acids is 2. The Morgan fingerprint density at radius 1 is 1.21 bits per heavy atom. The molecule has 0 atom stereocenters. The van der Waals surface area contributed by atoms with Gasteiger partial charge in [0.05, 0.1) is 0 Å². The third kappa shape index (κ3) is 3.01. The van der Waals surface area contributed by atoms with Crippen LogP contribution in [0.5, 0.6) is 0 Å². The van der Waals surface area contributed by atoms with Crippen molar-refractivity contribution in [2.45, 2.75) is 19.6 Å². The van der Waals surface area contributed by atoms with Crippen molar-refractivity contribution in [1.82, 2.24) is 0 Å². The van der Waals surface area contributed by atoms with Gasteiger partial charge in [0.2, 0.25) is 0 Å². The van der Waals surface area contributed by atoms with Crippen molar-refractivity contribution in [1.29, 1.82) is 0 Å². The van der Waals surface area contributed by atoms with Crippen LogP contribution in [0.1, 0.15) is 19.4 Å². The smallest absolute Gasteiger partial charge is 0.348 e. The van der Waals surface area contributed by atoms with Gasteiger partial charge in [-0.1, -0.05) is 22.0 Å². The number of rotatable bonds is 1. The van der Waals surface area contributed by atoms with Gasteiger partial charge >= 0.3 is 11.9 Å². The summed E-state index contributed by atoms with van der Waals surface area (Å²) in [5.41, 5.74) is 0.247. The van der Waals surface area contributed by atoms with E-state index in [1.807, 2.05) is 0 Å². The van der Waals surface area contributed by atoms with Gasteiger partial charge in [-0.05, 0) is 23.8 Å². The summed E-state index contributed by atoms with van der Waals surface area (Å²) in [4.78, 5) is 23.4. The minimum Gasteiger partial charge on any atom is -0.419 e. The quantitative estimate of drug-likeness (QED) is 0.452. The first-order valence-corrected chi connectivity index (χ1v) is 6.21. The van der Waals surface area contributed by atoms with E-state index >= 15 is 0 Å². The number of benzene rings is 1. The molecule has 0 radical (unpaired) electrons. The van der Waals surface area contributed by atoms with Crippen molar-refractivity contribution in [3.63, 3.8) is 0 Å². The van der Waals surface area contributed by atoms with Gasteiger partial charge in [0.25, 0.3) is 5.79 Å². The van der Waals surface area contributed by atoms with E-state index in [2.05, 4.69) is 15.9 Å². The Labute approximate surface area is 117 Å². The van der Waals surface area contributed by atoms with Crippen molar-refractivity contribution in [3.05, 3.63) is 39.6 Å². The molecular weight excluding hydrogens is 319 g/mol. The van der Waals surface area contributed by atoms with Crippen LogP contribution in [0.2, 0.25) is 0 Å². The molecule has 1 heterocycles. The molecule has 0 aliphatic carbocycles. The van der Waals surface area contributed by atoms with E-state index in [-0.39, 0.29) is 5.57 Å². The molecule has 0 bridgehead atoms. The molecule has 1 fully saturated rings. The highest BCUT2D eigenvalue weighted by molar-refractivity contribution is 9.10. The molecule has 1 aliphatic heterocycles. The summed E-state index contributed by atoms with van der Waals surface area (Å²) >= 11 is 3.15. The number of hydrogen-bond acceptors (Lipinski definition) is 4. The van der Waals surface area contributed by atoms with E-state index in [0.29, 0.717) is 10.0 Å². The molecule has 0 spiro atoms. The second-order valence-electron chi connectivity index (χ2n) is 4.40. The summed E-state index contributed by atoms with van der Waals surface area (Å²) in [7, 11) is 0. The number of esters is 2. The summed E-state index contributed by atoms with van der Waals surface area (Å²) in [6.45, 7) is 2.93. The Kier molecular flexibility index (Phi) is 3.45. The number of cyclic esters (lactones) is 2. The van der Waals surface area contributed by atoms with E-state index < -0.39 is 23.5 Å². The summed E-state index contributed by atoms with van der Waals surface area (Å²) in [6, 6.07) is 3.89. The molecule has 100 valence electrons. The van der Waals surface area contributed by atoms with Crippen LogP contribution in [-0.4, -0.2) is 17.7 Å². The summed E-state index contributed by atoms with van der Waals surface area (Å²) < 4.78 is 23.3. The minimum absolute atomic E-state index is 0.230. The van der Waals surface area contributed by atoms with Crippen molar-refractivity contribution >= 4 is 33.9 Å². The lowest BCUT2D eigenvalue weighted by Gasteiger charge is -2.29. The van der Waals surface area contributed by atoms with Crippen LogP contribution in [0, 0.1) is 5.82 Å². The highest BCUT2D eigenvalue weighted by Gasteiger charge is 2.38. The average molecular weight is 329 g/mol. The Morgan fingerprint density at radius 3 is 2.32 bits per heavy atom. The van der Waals surface area contributed by atoms with E-state index in [0.717, 1.165) is 0 Å². The minimum atomic E-state index is -1.27. The van der Waals surface area contributed by atoms with Crippen LogP contribution in [0.3, 0.4) is 0 Å². The molecule has 19 heavy (non-hydrogen) atoms. The molecule has 1 aromatic rings. The molecule has 1 aromatic carbocycles. The molecule has 1 aliphatic rings. The second-order valence-corrected chi connectivity index (χ2v) is 5.26. The van der Waals surface area contributed by atoms with Crippen LogP contribution >= 0.6 is 15.9 Å². The predicted octanol–water partition coefficient (Wildman–Crippen LogP) is 2.81. The molecule has 1 saturated heterocycles. The lowest BCUT2D eigenvalue weighted by molar-refractivity contribution is -0.222. The fourth-order valence-corrected chi connectivity index (χ4v) is 2.02. The maximum atomic E-state index is 12.9. The molecule has 0 aromatic heterocycles. The first kappa shape index (κ1) is 13.7. The summed E-state index contributed by atoms with van der Waals surface area (Å²) in [6.07, 6.45) is 1.30. The fourth-order valence-electron chi connectivity index (χ4n) is 1.55. The van der Waals surface area contributed by atoms with Crippen molar-refractivity contribution in [2.24, 2.45) is 0 Å². The monoisotopic (exact) mass is 328 g/mol. The number of halogens is 2. The van der Waals surface area contributed by atoms with Crippen LogP contribution in [0.25, 0.3) is 6.08 Å². The van der Waals surface area contributed by atoms with Gasteiger partial charge in [-0.25, -0.2) is 14.0 Å². The third-order valence-corrected chi connectivity index (χ3v) is 3.07. The SMILES string of the molecule is CC1(C)OC(=O)C(=Cc2ccc(F)cc2Br)C(=O)O1. The number of carbonyl (C=O) groups is 2. The Morgan fingerprint density at radius 2 is 1.79 bits per heavy atom. The van der Waals surface area contributed by atoms with Crippen LogP contribution < -0.4 is 0 Å². The Hall–Kier alpha value is -1.69. The maximum Gasteiger partial charge on any atom is 0.348 e. The average Bonchev–Trinajstić information content (AvgIpc) is 2.24. The standard InChI is InChI=1S/C13H10BrFO4/c1-13(2)18-11(16)9(12(17)19-13)5-7-3-4-8(15)6-10(7)14/h3-6H,1-2H3. The van der Waals surface area contributed by atoms with Gasteiger partial charge < -0.3 is 9.47 Å². The lowest BCUT2D eigenvalue weighted by atomic mass is 10.1. The van der Waals surface area contributed by atoms with Crippen LogP contribution in [-0.2, 0) is 19.1 Å². The summed E-state index contributed by atoms with van der Waals surface area (Å²) in [5.74, 6) is -3.23. The first-order chi connectivity index (χ1) is 8.78. The van der Waals surface area contributed by atoms with Crippen molar-refractivity contribution in [2.75, 3.05) is 0 Å². The van der Waals surface area contributed by atoms with Crippen molar-refractivity contribution in [3.8, 4) is 0 Å². The zero-order chi connectivity index (χ0) is 14.2. The normalized spacial score (nSPS) is 17.8. The molecule has 0 amide bonds. The third-order valence-electron chi connectivity index (χ3n) is 2.38. The molecule has 0 N–H and O–H groups in total. The van der Waals surface area contributed by atoms with E-state index in [4.69, 9.17) is 9.47 Å². The Bertz CT molecular complexity index is 570. The van der Waals surface area contributed by atoms with Gasteiger partial charge in [-0.15, -0.1) is 0 Å². The highest BCUT2D eigenvalue weighted by atomic mass is 79.9. The number of ether oxygens (including phenoxy) is 2. The van der Waals surface area contributed by atoms with E-state index in [1.54, 1.807) is 0 Å². The largest absolute Gasteiger partial charge is 0.419 e. The van der Waals surface area contributed by atoms with Gasteiger partial charge in [0.1, 0.15) is 11.4 Å². The van der Waals surface area contributed by atoms with Crippen molar-refractivity contribution < 1.29 is 23.5 Å².